The fourth-order valence-electron chi connectivity index (χ4n) is 12.5. The number of ketones is 1. The first-order chi connectivity index (χ1) is 37.2. The number of carbonyl (C=O) groups is 6. The lowest BCUT2D eigenvalue weighted by atomic mass is 9.44. The minimum absolute atomic E-state index is 0.0138. The number of amides is 1. The molecule has 1 amide bonds. The molecule has 7 rings (SSSR count). The smallest absolute Gasteiger partial charge is 0.416 e. The molecule has 2 N–H and O–H groups in total. The van der Waals surface area contributed by atoms with Crippen molar-refractivity contribution in [2.75, 3.05) is 6.61 Å². The molecule has 2 bridgehead atoms. The molecule has 2 saturated carbocycles. The molecule has 15 nitrogen and oxygen atoms in total. The first-order valence-corrected chi connectivity index (χ1v) is 32.9. The van der Waals surface area contributed by atoms with Crippen LogP contribution in [0.2, 0.25) is 36.3 Å². The summed E-state index contributed by atoms with van der Waals surface area (Å²) in [6, 6.07) is 21.2. The van der Waals surface area contributed by atoms with E-state index in [2.05, 4.69) is 5.32 Å². The van der Waals surface area contributed by atoms with Gasteiger partial charge in [-0.1, -0.05) is 110 Å². The first-order valence-electron chi connectivity index (χ1n) is 27.5. The number of benzene rings is 3. The highest BCUT2D eigenvalue weighted by Gasteiger charge is 2.79. The third-order valence-electron chi connectivity index (χ3n) is 18.4. The van der Waals surface area contributed by atoms with E-state index in [1.807, 2.05) is 54.6 Å². The van der Waals surface area contributed by atoms with E-state index in [1.165, 1.54) is 0 Å². The van der Waals surface area contributed by atoms with Gasteiger partial charge < -0.3 is 43.0 Å². The molecule has 0 spiro atoms. The highest BCUT2D eigenvalue weighted by Crippen LogP contribution is 2.65. The molecule has 436 valence electrons. The molecule has 3 fully saturated rings. The zero-order valence-electron chi connectivity index (χ0n) is 48.3. The van der Waals surface area contributed by atoms with Crippen LogP contribution in [0.5, 0.6) is 0 Å². The van der Waals surface area contributed by atoms with Crippen molar-refractivity contribution in [1.29, 1.82) is 0 Å². The second-order valence-electron chi connectivity index (χ2n) is 24.3. The molecule has 1 heterocycles. The van der Waals surface area contributed by atoms with Crippen molar-refractivity contribution in [2.24, 2.45) is 16.7 Å². The fourth-order valence-corrected chi connectivity index (χ4v) is 16.6. The lowest BCUT2D eigenvalue weighted by molar-refractivity contribution is -0.344. The number of esters is 4. The van der Waals surface area contributed by atoms with Gasteiger partial charge in [-0.3, -0.25) is 19.2 Å². The Hall–Kier alpha value is -5.52. The van der Waals surface area contributed by atoms with E-state index >= 15 is 14.4 Å². The van der Waals surface area contributed by atoms with Crippen LogP contribution in [0.4, 0.5) is 13.2 Å². The number of Topliss-reactive ketones (excluding diaryl/α,β-unsaturated/α-hetero) is 1. The molecule has 0 radical (unpaired) electrons. The average Bonchev–Trinajstić information content (AvgIpc) is 1.69. The molecule has 1 saturated heterocycles. The van der Waals surface area contributed by atoms with E-state index < -0.39 is 152 Å². The number of carbonyl (C=O) groups excluding carboxylic acids is 6. The summed E-state index contributed by atoms with van der Waals surface area (Å²) in [6.45, 7) is 23.8. The molecule has 1 aliphatic heterocycles. The molecule has 0 unspecified atom stereocenters. The van der Waals surface area contributed by atoms with Crippen molar-refractivity contribution in [1.82, 2.24) is 5.32 Å². The van der Waals surface area contributed by atoms with Crippen molar-refractivity contribution >= 4 is 52.2 Å². The molecule has 3 aliphatic carbocycles. The highest BCUT2D eigenvalue weighted by molar-refractivity contribution is 6.74. The van der Waals surface area contributed by atoms with Gasteiger partial charge in [-0.25, -0.2) is 9.59 Å². The molecule has 80 heavy (non-hydrogen) atoms. The van der Waals surface area contributed by atoms with Crippen LogP contribution in [-0.2, 0) is 57.9 Å². The molecule has 3 aromatic carbocycles. The maximum absolute atomic E-state index is 16.6. The normalized spacial score (nSPS) is 28.3. The second kappa shape index (κ2) is 22.7. The van der Waals surface area contributed by atoms with Gasteiger partial charge in [0, 0.05) is 37.7 Å². The van der Waals surface area contributed by atoms with Gasteiger partial charge in [0.25, 0.3) is 5.91 Å². The van der Waals surface area contributed by atoms with Crippen LogP contribution in [0.1, 0.15) is 134 Å². The Labute approximate surface area is 469 Å². The van der Waals surface area contributed by atoms with Gasteiger partial charge in [-0.2, -0.15) is 13.2 Å². The third-order valence-corrected chi connectivity index (χ3v) is 27.5. The molecule has 11 atom stereocenters. The summed E-state index contributed by atoms with van der Waals surface area (Å²) < 4.78 is 89.5. The Morgan fingerprint density at radius 3 is 1.94 bits per heavy atom. The lowest BCUT2D eigenvalue weighted by Crippen LogP contribution is -2.82. The number of ether oxygens (including phenoxy) is 5. The van der Waals surface area contributed by atoms with E-state index in [9.17, 15) is 32.7 Å². The molecule has 4 aliphatic rings. The third kappa shape index (κ3) is 11.2. The number of fused-ring (bicyclic) bond motifs is 5. The Bertz CT molecular complexity index is 2860. The summed E-state index contributed by atoms with van der Waals surface area (Å²) in [4.78, 5) is 88.8. The molecular weight excluding hydrogens is 1070 g/mol. The SMILES string of the molecule is CC[Si](CC)(CC)O[C@H]1C[C@H]2OC[C@@]2(OC(C)=O)[C@H]2[C@H](OC(=O)c3cccc(C(F)(F)F)c3)[C@]3(O)C[C@H](OC(=O)[C@H](O[Si](C)(C)C(C)(C)C)[C@@H](NC(=O)c4ccccc4)c4ccccc4)C(C)=C([C@@H](OC(C)=O)C(=O)[C@]12C)C3(C)C. The number of halogens is 3. The number of alkyl halides is 3. The molecule has 3 aromatic rings. The van der Waals surface area contributed by atoms with E-state index in [4.69, 9.17) is 32.5 Å². The van der Waals surface area contributed by atoms with Crippen molar-refractivity contribution in [3.63, 3.8) is 0 Å². The number of nitrogens with one attached hydrogen (secondary N) is 1. The molecular formula is C60H78F3NO14Si2. The number of aliphatic hydroxyl groups is 1. The van der Waals surface area contributed by atoms with Gasteiger partial charge in [0.1, 0.15) is 23.9 Å². The van der Waals surface area contributed by atoms with Crippen LogP contribution in [0.3, 0.4) is 0 Å². The average molecular weight is 1150 g/mol. The summed E-state index contributed by atoms with van der Waals surface area (Å²) >= 11 is 0. The van der Waals surface area contributed by atoms with Crippen LogP contribution in [0.15, 0.2) is 96.1 Å². The summed E-state index contributed by atoms with van der Waals surface area (Å²) in [7, 11) is -5.81. The minimum Gasteiger partial charge on any atom is -0.456 e. The van der Waals surface area contributed by atoms with E-state index in [-0.39, 0.29) is 29.7 Å². The van der Waals surface area contributed by atoms with Crippen LogP contribution in [0, 0.1) is 16.7 Å². The van der Waals surface area contributed by atoms with Crippen molar-refractivity contribution in [3.05, 3.63) is 118 Å². The lowest BCUT2D eigenvalue weighted by Gasteiger charge is -2.68. The number of rotatable bonds is 17. The van der Waals surface area contributed by atoms with Crippen molar-refractivity contribution < 1.29 is 79.6 Å². The Morgan fingerprint density at radius 1 is 0.825 bits per heavy atom. The standard InChI is InChI=1S/C60H78F3NO14Si2/c1-15-80(16-2,17-3)77-43-32-44-58(34-72-44,76-37(6)66)49-51(75-53(69)40-29-24-30-41(31-40)60(61,62)63)59(71)33-42(35(4)45(56(59,10)11)47(73-36(5)65)50(67)57(43,49)12)74-54(70)48(78-79(13,14)55(7,8)9)46(38-25-20-18-21-26-38)64-52(68)39-27-22-19-23-28-39/h18-31,42-44,46-49,51,71H,15-17,32-34H2,1-14H3,(H,64,68)/t42-,43-,44+,46-,47+,48+,49-,51-,57+,58-,59+/m0/s1. The minimum atomic E-state index is -4.89. The highest BCUT2D eigenvalue weighted by atomic mass is 28.4. The largest absolute Gasteiger partial charge is 0.456 e. The van der Waals surface area contributed by atoms with Gasteiger partial charge in [-0.05, 0) is 97.2 Å². The summed E-state index contributed by atoms with van der Waals surface area (Å²) in [5.74, 6) is -7.04. The maximum atomic E-state index is 16.6. The quantitative estimate of drug-likeness (QED) is 0.0560. The zero-order valence-corrected chi connectivity index (χ0v) is 50.3. The summed E-state index contributed by atoms with van der Waals surface area (Å²) in [5.41, 5.74) is -9.11. The predicted octanol–water partition coefficient (Wildman–Crippen LogP) is 10.8. The maximum Gasteiger partial charge on any atom is 0.416 e. The summed E-state index contributed by atoms with van der Waals surface area (Å²) in [6.07, 6.45) is -14.8. The van der Waals surface area contributed by atoms with Crippen LogP contribution in [-0.4, -0.2) is 112 Å². The van der Waals surface area contributed by atoms with Gasteiger partial charge in [0.05, 0.1) is 41.2 Å². The molecule has 20 heteroatoms. The number of hydrogen-bond acceptors (Lipinski definition) is 14. The van der Waals surface area contributed by atoms with Gasteiger partial charge in [0.2, 0.25) is 0 Å². The molecule has 0 aromatic heterocycles. The van der Waals surface area contributed by atoms with E-state index in [0.717, 1.165) is 32.0 Å². The van der Waals surface area contributed by atoms with Crippen molar-refractivity contribution in [3.8, 4) is 0 Å². The Morgan fingerprint density at radius 2 is 1.41 bits per heavy atom. The Balaban J connectivity index is 1.51. The van der Waals surface area contributed by atoms with Gasteiger partial charge in [0.15, 0.2) is 40.2 Å². The topological polar surface area (TPSA) is 199 Å². The number of hydrogen-bond donors (Lipinski definition) is 2. The van der Waals surface area contributed by atoms with Crippen LogP contribution in [0.25, 0.3) is 0 Å². The fraction of sp³-hybridized carbons (Fsp3) is 0.567. The predicted molar refractivity (Wildman–Crippen MR) is 295 cm³/mol. The van der Waals surface area contributed by atoms with Crippen LogP contribution >= 0.6 is 0 Å². The first kappa shape index (κ1) is 62.1. The van der Waals surface area contributed by atoms with Crippen LogP contribution < -0.4 is 5.32 Å². The second-order valence-corrected chi connectivity index (χ2v) is 33.7. The summed E-state index contributed by atoms with van der Waals surface area (Å²) in [5, 5.41) is 17.0. The monoisotopic (exact) mass is 1150 g/mol. The van der Waals surface area contributed by atoms with E-state index in [0.29, 0.717) is 29.8 Å². The zero-order chi connectivity index (χ0) is 59.3. The Kier molecular flexibility index (Phi) is 17.6. The van der Waals surface area contributed by atoms with Crippen molar-refractivity contribution in [2.45, 2.75) is 192 Å². The van der Waals surface area contributed by atoms with E-state index in [1.54, 1.807) is 88.4 Å². The van der Waals surface area contributed by atoms with Gasteiger partial charge >= 0.3 is 30.1 Å². The van der Waals surface area contributed by atoms with Gasteiger partial charge in [-0.15, -0.1) is 0 Å².